The van der Waals surface area contributed by atoms with Crippen molar-refractivity contribution in [3.63, 3.8) is 0 Å². The fraction of sp³-hybridized carbons (Fsp3) is 0.286. The summed E-state index contributed by atoms with van der Waals surface area (Å²) in [7, 11) is -3.44. The molecule has 7 heteroatoms. The van der Waals surface area contributed by atoms with Gasteiger partial charge in [-0.05, 0) is 6.92 Å². The molecule has 0 aliphatic rings. The first-order valence-electron chi connectivity index (χ1n) is 3.66. The second kappa shape index (κ2) is 3.33. The van der Waals surface area contributed by atoms with Crippen LogP contribution in [0.2, 0.25) is 0 Å². The Hall–Kier alpha value is -1.50. The maximum absolute atomic E-state index is 11.0. The lowest BCUT2D eigenvalue weighted by atomic mass is 10.2. The first-order valence-corrected chi connectivity index (χ1v) is 5.55. The average Bonchev–Trinajstić information content (AvgIpc) is 2.01. The highest BCUT2D eigenvalue weighted by Crippen LogP contribution is 2.06. The molecule has 2 N–H and O–H groups in total. The van der Waals surface area contributed by atoms with E-state index in [9.17, 15) is 13.2 Å². The number of sulfone groups is 1. The molecule has 0 aliphatic carbocycles. The zero-order valence-electron chi connectivity index (χ0n) is 7.68. The molecule has 0 saturated carbocycles. The summed E-state index contributed by atoms with van der Waals surface area (Å²) in [5.41, 5.74) is 5.39. The number of rotatable bonds is 2. The molecule has 1 rings (SSSR count). The van der Waals surface area contributed by atoms with Gasteiger partial charge in [0.15, 0.2) is 0 Å². The van der Waals surface area contributed by atoms with Gasteiger partial charge in [-0.25, -0.2) is 18.4 Å². The van der Waals surface area contributed by atoms with E-state index in [4.69, 9.17) is 5.73 Å². The maximum atomic E-state index is 11.0. The van der Waals surface area contributed by atoms with Crippen LogP contribution in [0, 0.1) is 6.92 Å². The molecule has 1 heterocycles. The lowest BCUT2D eigenvalue weighted by molar-refractivity contribution is 0.0998. The number of primary amides is 1. The number of aryl methyl sites for hydroxylation is 1. The molecule has 0 saturated heterocycles. The minimum absolute atomic E-state index is 0.123. The normalized spacial score (nSPS) is 11.3. The molecule has 0 fully saturated rings. The van der Waals surface area contributed by atoms with Crippen LogP contribution < -0.4 is 5.73 Å². The Morgan fingerprint density at radius 1 is 1.50 bits per heavy atom. The molecular weight excluding hydrogens is 206 g/mol. The highest BCUT2D eigenvalue weighted by molar-refractivity contribution is 7.90. The van der Waals surface area contributed by atoms with Gasteiger partial charge in [-0.2, -0.15) is 0 Å². The van der Waals surface area contributed by atoms with Crippen LogP contribution in [0.25, 0.3) is 0 Å². The summed E-state index contributed by atoms with van der Waals surface area (Å²) in [6.45, 7) is 1.50. The van der Waals surface area contributed by atoms with Gasteiger partial charge in [0.05, 0.1) is 11.3 Å². The predicted molar refractivity (Wildman–Crippen MR) is 48.4 cm³/mol. The quantitative estimate of drug-likeness (QED) is 0.656. The summed E-state index contributed by atoms with van der Waals surface area (Å²) in [6.07, 6.45) is 2.10. The van der Waals surface area contributed by atoms with Crippen molar-refractivity contribution in [2.24, 2.45) is 5.73 Å². The number of nitrogens with two attached hydrogens (primary N) is 1. The van der Waals surface area contributed by atoms with Crippen molar-refractivity contribution >= 4 is 15.7 Å². The van der Waals surface area contributed by atoms with Gasteiger partial charge in [-0.15, -0.1) is 0 Å². The Morgan fingerprint density at radius 2 is 2.07 bits per heavy atom. The molecule has 0 aliphatic heterocycles. The molecule has 14 heavy (non-hydrogen) atoms. The second-order valence-corrected chi connectivity index (χ2v) is 4.70. The molecule has 6 nitrogen and oxygen atoms in total. The standard InChI is InChI=1S/C7H9N3O3S/c1-4-5(6(8)11)3-9-7(10-4)14(2,12)13/h3H,1-2H3,(H2,8,11). The van der Waals surface area contributed by atoms with Gasteiger partial charge in [0.2, 0.25) is 15.0 Å². The van der Waals surface area contributed by atoms with Gasteiger partial charge >= 0.3 is 0 Å². The number of hydrogen-bond donors (Lipinski definition) is 1. The van der Waals surface area contributed by atoms with E-state index in [1.54, 1.807) is 0 Å². The first kappa shape index (κ1) is 10.6. The third-order valence-corrected chi connectivity index (χ3v) is 2.41. The van der Waals surface area contributed by atoms with Crippen molar-refractivity contribution in [1.29, 1.82) is 0 Å². The Bertz CT molecular complexity index is 481. The van der Waals surface area contributed by atoms with E-state index in [-0.39, 0.29) is 16.4 Å². The number of hydrogen-bond acceptors (Lipinski definition) is 5. The summed E-state index contributed by atoms with van der Waals surface area (Å²) < 4.78 is 22.1. The number of carbonyl (C=O) groups is 1. The minimum Gasteiger partial charge on any atom is -0.365 e. The van der Waals surface area contributed by atoms with E-state index >= 15 is 0 Å². The molecule has 0 radical (unpaired) electrons. The average molecular weight is 215 g/mol. The Kier molecular flexibility index (Phi) is 2.52. The Balaban J connectivity index is 3.34. The minimum atomic E-state index is -3.44. The van der Waals surface area contributed by atoms with Crippen molar-refractivity contribution in [3.8, 4) is 0 Å². The smallest absolute Gasteiger partial charge is 0.252 e. The van der Waals surface area contributed by atoms with E-state index in [0.29, 0.717) is 0 Å². The summed E-state index contributed by atoms with van der Waals surface area (Å²) in [6, 6.07) is 0. The van der Waals surface area contributed by atoms with Crippen LogP contribution in [0.3, 0.4) is 0 Å². The second-order valence-electron chi connectivity index (χ2n) is 2.79. The molecule has 0 atom stereocenters. The van der Waals surface area contributed by atoms with Crippen LogP contribution in [-0.4, -0.2) is 30.5 Å². The van der Waals surface area contributed by atoms with Gasteiger partial charge in [0.1, 0.15) is 0 Å². The molecular formula is C7H9N3O3S. The van der Waals surface area contributed by atoms with Crippen LogP contribution in [0.15, 0.2) is 11.4 Å². The summed E-state index contributed by atoms with van der Waals surface area (Å²) >= 11 is 0. The van der Waals surface area contributed by atoms with Gasteiger partial charge in [0.25, 0.3) is 5.91 Å². The van der Waals surface area contributed by atoms with Crippen molar-refractivity contribution in [2.45, 2.75) is 12.1 Å². The van der Waals surface area contributed by atoms with E-state index in [1.807, 2.05) is 0 Å². The highest BCUT2D eigenvalue weighted by Gasteiger charge is 2.14. The predicted octanol–water partition coefficient (Wildman–Crippen LogP) is -0.713. The van der Waals surface area contributed by atoms with E-state index in [2.05, 4.69) is 9.97 Å². The molecule has 76 valence electrons. The van der Waals surface area contributed by atoms with Crippen molar-refractivity contribution in [3.05, 3.63) is 17.5 Å². The Labute approximate surface area is 81.1 Å². The summed E-state index contributed by atoms with van der Waals surface area (Å²) in [5, 5.41) is -0.306. The SMILES string of the molecule is Cc1nc(S(C)(=O)=O)ncc1C(N)=O. The number of aromatic nitrogens is 2. The van der Waals surface area contributed by atoms with Crippen LogP contribution in [0.4, 0.5) is 0 Å². The third-order valence-electron chi connectivity index (χ3n) is 1.55. The molecule has 0 spiro atoms. The molecule has 1 aromatic heterocycles. The summed E-state index contributed by atoms with van der Waals surface area (Å²) in [4.78, 5) is 18.0. The fourth-order valence-corrected chi connectivity index (χ4v) is 1.41. The topological polar surface area (TPSA) is 103 Å². The van der Waals surface area contributed by atoms with Crippen LogP contribution in [-0.2, 0) is 9.84 Å². The lowest BCUT2D eigenvalue weighted by Gasteiger charge is -2.01. The van der Waals surface area contributed by atoms with Crippen molar-refractivity contribution < 1.29 is 13.2 Å². The monoisotopic (exact) mass is 215 g/mol. The largest absolute Gasteiger partial charge is 0.365 e. The maximum Gasteiger partial charge on any atom is 0.252 e. The van der Waals surface area contributed by atoms with E-state index in [1.165, 1.54) is 6.92 Å². The molecule has 0 bridgehead atoms. The van der Waals surface area contributed by atoms with Gasteiger partial charge < -0.3 is 5.73 Å². The zero-order chi connectivity index (χ0) is 10.9. The van der Waals surface area contributed by atoms with Crippen molar-refractivity contribution in [2.75, 3.05) is 6.26 Å². The summed E-state index contributed by atoms with van der Waals surface area (Å²) in [5.74, 6) is -0.678. The van der Waals surface area contributed by atoms with Gasteiger partial charge in [0, 0.05) is 12.5 Å². The molecule has 0 aromatic carbocycles. The molecule has 0 unspecified atom stereocenters. The van der Waals surface area contributed by atoms with E-state index < -0.39 is 15.7 Å². The molecule has 1 amide bonds. The van der Waals surface area contributed by atoms with E-state index in [0.717, 1.165) is 12.5 Å². The third kappa shape index (κ3) is 2.05. The number of nitrogens with zero attached hydrogens (tertiary/aromatic N) is 2. The van der Waals surface area contributed by atoms with Crippen LogP contribution >= 0.6 is 0 Å². The van der Waals surface area contributed by atoms with Crippen molar-refractivity contribution in [1.82, 2.24) is 9.97 Å². The first-order chi connectivity index (χ1) is 6.32. The van der Waals surface area contributed by atoms with Crippen LogP contribution in [0.1, 0.15) is 16.1 Å². The van der Waals surface area contributed by atoms with Crippen LogP contribution in [0.5, 0.6) is 0 Å². The van der Waals surface area contributed by atoms with Gasteiger partial charge in [-0.1, -0.05) is 0 Å². The fourth-order valence-electron chi connectivity index (χ4n) is 0.866. The zero-order valence-corrected chi connectivity index (χ0v) is 8.50. The van der Waals surface area contributed by atoms with Gasteiger partial charge in [-0.3, -0.25) is 4.79 Å². The highest BCUT2D eigenvalue weighted by atomic mass is 32.2. The number of amides is 1. The number of carbonyl (C=O) groups excluding carboxylic acids is 1. The molecule has 1 aromatic rings. The lowest BCUT2D eigenvalue weighted by Crippen LogP contribution is -2.16. The Morgan fingerprint density at radius 3 is 2.43 bits per heavy atom.